The fraction of sp³-hybridized carbons (Fsp3) is 1.00. The minimum absolute atomic E-state index is 0.207. The highest BCUT2D eigenvalue weighted by atomic mass is 32.2. The zero-order valence-electron chi connectivity index (χ0n) is 12.3. The van der Waals surface area contributed by atoms with Crippen LogP contribution in [0.1, 0.15) is 13.3 Å². The third-order valence-electron chi connectivity index (χ3n) is 2.01. The van der Waals surface area contributed by atoms with Gasteiger partial charge in [-0.15, -0.1) is 0 Å². The van der Waals surface area contributed by atoms with Gasteiger partial charge in [0.15, 0.2) is 15.6 Å². The first-order chi connectivity index (χ1) is 9.18. The predicted octanol–water partition coefficient (Wildman–Crippen LogP) is -1.32. The van der Waals surface area contributed by atoms with E-state index < -0.39 is 48.2 Å². The number of nitrogens with one attached hydrogen (secondary N) is 1. The Morgan fingerprint density at radius 3 is 1.81 bits per heavy atom. The SMILES string of the molecule is CCCNC(COS(C)(=O)=O)(CS(C)(=O)=O)OS(C)(=O)=O. The summed E-state index contributed by atoms with van der Waals surface area (Å²) in [5, 5.41) is 2.60. The average Bonchev–Trinajstić information content (AvgIpc) is 2.18. The zero-order chi connectivity index (χ0) is 16.9. The molecule has 21 heavy (non-hydrogen) atoms. The van der Waals surface area contributed by atoms with E-state index in [2.05, 4.69) is 9.50 Å². The van der Waals surface area contributed by atoms with Crippen molar-refractivity contribution in [2.75, 3.05) is 37.7 Å². The summed E-state index contributed by atoms with van der Waals surface area (Å²) in [6.07, 6.45) is 2.91. The minimum atomic E-state index is -4.05. The van der Waals surface area contributed by atoms with Crippen molar-refractivity contribution in [3.8, 4) is 0 Å². The summed E-state index contributed by atoms with van der Waals surface area (Å²) in [7, 11) is -11.6. The fourth-order valence-corrected chi connectivity index (χ4v) is 3.81. The standard InChI is InChI=1S/C9H21NO8S3/c1-5-6-10-9(8-19(2,11)12,18-21(4,15)16)7-17-20(3,13)14/h10H,5-8H2,1-4H3. The van der Waals surface area contributed by atoms with Gasteiger partial charge in [-0.25, -0.2) is 12.6 Å². The molecule has 0 aliphatic heterocycles. The maximum absolute atomic E-state index is 11.5. The fourth-order valence-electron chi connectivity index (χ4n) is 1.49. The monoisotopic (exact) mass is 367 g/mol. The maximum Gasteiger partial charge on any atom is 0.266 e. The van der Waals surface area contributed by atoms with Crippen LogP contribution in [0, 0.1) is 0 Å². The highest BCUT2D eigenvalue weighted by Gasteiger charge is 2.39. The summed E-state index contributed by atoms with van der Waals surface area (Å²) in [4.78, 5) is 0. The van der Waals surface area contributed by atoms with Crippen molar-refractivity contribution < 1.29 is 33.6 Å². The molecule has 0 aromatic heterocycles. The van der Waals surface area contributed by atoms with Crippen LogP contribution in [0.15, 0.2) is 0 Å². The van der Waals surface area contributed by atoms with Crippen LogP contribution in [0.2, 0.25) is 0 Å². The van der Waals surface area contributed by atoms with E-state index in [4.69, 9.17) is 4.18 Å². The summed E-state index contributed by atoms with van der Waals surface area (Å²) in [6, 6.07) is 0. The van der Waals surface area contributed by atoms with Gasteiger partial charge in [-0.05, 0) is 13.0 Å². The van der Waals surface area contributed by atoms with E-state index in [1.165, 1.54) is 0 Å². The molecule has 0 bridgehead atoms. The summed E-state index contributed by atoms with van der Waals surface area (Å²) < 4.78 is 77.2. The van der Waals surface area contributed by atoms with Crippen LogP contribution < -0.4 is 5.32 Å². The van der Waals surface area contributed by atoms with Gasteiger partial charge in [-0.3, -0.25) is 9.50 Å². The Hall–Kier alpha value is -0.270. The Kier molecular flexibility index (Phi) is 7.24. The molecule has 0 amide bonds. The summed E-state index contributed by atoms with van der Waals surface area (Å²) in [5.74, 6) is -0.761. The smallest absolute Gasteiger partial charge is 0.266 e. The van der Waals surface area contributed by atoms with E-state index in [1.807, 2.05) is 0 Å². The molecule has 0 saturated heterocycles. The first-order valence-electron chi connectivity index (χ1n) is 5.86. The predicted molar refractivity (Wildman–Crippen MR) is 77.5 cm³/mol. The second kappa shape index (κ2) is 7.33. The van der Waals surface area contributed by atoms with Gasteiger partial charge in [-0.1, -0.05) is 6.92 Å². The first-order valence-corrected chi connectivity index (χ1v) is 11.6. The quantitative estimate of drug-likeness (QED) is 0.368. The van der Waals surface area contributed by atoms with Crippen molar-refractivity contribution in [1.29, 1.82) is 0 Å². The van der Waals surface area contributed by atoms with Crippen molar-refractivity contribution >= 4 is 30.1 Å². The van der Waals surface area contributed by atoms with Crippen LogP contribution >= 0.6 is 0 Å². The van der Waals surface area contributed by atoms with Gasteiger partial charge in [0.05, 0.1) is 18.3 Å². The van der Waals surface area contributed by atoms with E-state index in [-0.39, 0.29) is 6.54 Å². The molecule has 0 aromatic rings. The molecule has 128 valence electrons. The summed E-state index contributed by atoms with van der Waals surface area (Å²) >= 11 is 0. The second-order valence-electron chi connectivity index (χ2n) is 4.74. The lowest BCUT2D eigenvalue weighted by Crippen LogP contribution is -2.57. The maximum atomic E-state index is 11.5. The van der Waals surface area contributed by atoms with Crippen LogP contribution in [0.4, 0.5) is 0 Å². The molecule has 0 radical (unpaired) electrons. The molecule has 0 spiro atoms. The molecular weight excluding hydrogens is 346 g/mol. The molecule has 0 rings (SSSR count). The normalized spacial score (nSPS) is 16.6. The van der Waals surface area contributed by atoms with E-state index in [1.54, 1.807) is 6.92 Å². The van der Waals surface area contributed by atoms with Gasteiger partial charge < -0.3 is 0 Å². The molecule has 1 N–H and O–H groups in total. The molecule has 0 aliphatic carbocycles. The molecule has 0 fully saturated rings. The zero-order valence-corrected chi connectivity index (χ0v) is 14.8. The van der Waals surface area contributed by atoms with E-state index in [0.717, 1.165) is 18.8 Å². The molecule has 0 aromatic carbocycles. The van der Waals surface area contributed by atoms with Gasteiger partial charge in [0.2, 0.25) is 0 Å². The van der Waals surface area contributed by atoms with Crippen LogP contribution in [0.3, 0.4) is 0 Å². The number of hydrogen-bond donors (Lipinski definition) is 1. The Morgan fingerprint density at radius 2 is 1.48 bits per heavy atom. The third-order valence-corrected chi connectivity index (χ3v) is 4.17. The molecule has 0 aliphatic rings. The second-order valence-corrected chi connectivity index (χ2v) is 10.1. The van der Waals surface area contributed by atoms with E-state index in [9.17, 15) is 25.3 Å². The van der Waals surface area contributed by atoms with Crippen molar-refractivity contribution in [3.63, 3.8) is 0 Å². The lowest BCUT2D eigenvalue weighted by atomic mass is 10.2. The lowest BCUT2D eigenvalue weighted by molar-refractivity contribution is 0.0178. The molecule has 0 heterocycles. The van der Waals surface area contributed by atoms with Crippen molar-refractivity contribution in [2.24, 2.45) is 0 Å². The van der Waals surface area contributed by atoms with Gasteiger partial charge >= 0.3 is 0 Å². The molecule has 12 heteroatoms. The topological polar surface area (TPSA) is 133 Å². The van der Waals surface area contributed by atoms with Gasteiger partial charge in [0.1, 0.15) is 6.61 Å². The largest absolute Gasteiger partial charge is 0.286 e. The molecule has 0 saturated carbocycles. The van der Waals surface area contributed by atoms with Crippen LogP contribution in [-0.2, 0) is 38.4 Å². The van der Waals surface area contributed by atoms with Crippen LogP contribution in [0.5, 0.6) is 0 Å². The van der Waals surface area contributed by atoms with Crippen molar-refractivity contribution in [2.45, 2.75) is 19.1 Å². The molecule has 1 atom stereocenters. The first kappa shape index (κ1) is 20.7. The molecule has 9 nitrogen and oxygen atoms in total. The number of sulfone groups is 1. The highest BCUT2D eigenvalue weighted by molar-refractivity contribution is 7.90. The Bertz CT molecular complexity index is 600. The Labute approximate surface area is 126 Å². The van der Waals surface area contributed by atoms with Crippen LogP contribution in [0.25, 0.3) is 0 Å². The summed E-state index contributed by atoms with van der Waals surface area (Å²) in [6.45, 7) is 1.18. The van der Waals surface area contributed by atoms with Gasteiger partial charge in [0, 0.05) is 6.26 Å². The number of hydrogen-bond acceptors (Lipinski definition) is 9. The third kappa shape index (κ3) is 11.0. The average molecular weight is 367 g/mol. The van der Waals surface area contributed by atoms with Crippen molar-refractivity contribution in [1.82, 2.24) is 5.32 Å². The van der Waals surface area contributed by atoms with Crippen LogP contribution in [-0.4, -0.2) is 68.7 Å². The van der Waals surface area contributed by atoms with Gasteiger partial charge in [0.25, 0.3) is 20.2 Å². The van der Waals surface area contributed by atoms with E-state index in [0.29, 0.717) is 6.42 Å². The lowest BCUT2D eigenvalue weighted by Gasteiger charge is -2.32. The van der Waals surface area contributed by atoms with E-state index >= 15 is 0 Å². The van der Waals surface area contributed by atoms with Crippen molar-refractivity contribution in [3.05, 3.63) is 0 Å². The summed E-state index contributed by atoms with van der Waals surface area (Å²) in [5.41, 5.74) is -2.00. The Balaban J connectivity index is 5.58. The highest BCUT2D eigenvalue weighted by Crippen LogP contribution is 2.16. The minimum Gasteiger partial charge on any atom is -0.286 e. The number of rotatable bonds is 10. The molecular formula is C9H21NO8S3. The molecule has 1 unspecified atom stereocenters. The van der Waals surface area contributed by atoms with Gasteiger partial charge in [-0.2, -0.15) is 16.8 Å². The Morgan fingerprint density at radius 1 is 0.952 bits per heavy atom.